The molecule has 0 unspecified atom stereocenters. The molecule has 0 atom stereocenters. The lowest BCUT2D eigenvalue weighted by Gasteiger charge is -2.25. The zero-order chi connectivity index (χ0) is 19.5. The zero-order valence-corrected chi connectivity index (χ0v) is 17.8. The quantitative estimate of drug-likeness (QED) is 0.328. The first kappa shape index (κ1) is 22.1. The summed E-state index contributed by atoms with van der Waals surface area (Å²) >= 11 is 1.25. The fraction of sp³-hybridized carbons (Fsp3) is 0.722. The zero-order valence-electron chi connectivity index (χ0n) is 16.2. The van der Waals surface area contributed by atoms with Crippen LogP contribution >= 0.6 is 11.3 Å². The minimum absolute atomic E-state index is 0.355. The first-order valence-corrected chi connectivity index (χ1v) is 12.0. The predicted molar refractivity (Wildman–Crippen MR) is 111 cm³/mol. The van der Waals surface area contributed by atoms with E-state index in [0.717, 1.165) is 17.8 Å². The van der Waals surface area contributed by atoms with Crippen LogP contribution in [0.5, 0.6) is 0 Å². The summed E-state index contributed by atoms with van der Waals surface area (Å²) in [4.78, 5) is 5.20. The van der Waals surface area contributed by atoms with Crippen LogP contribution in [0.1, 0.15) is 50.3 Å². The van der Waals surface area contributed by atoms with Gasteiger partial charge >= 0.3 is 0 Å². The standard InChI is InChI=1S/C18H32N4O3S2/c1-2-3-4-5-6-7-10-20-18(19)21-15-16-8-9-17(26-16)27(23,24)22-11-13-25-14-12-22/h8-9H,2-7,10-15H2,1H3,(H3,19,20,21). The SMILES string of the molecule is CCCCCCCCNC(N)=NCc1ccc(S(=O)(=O)N2CCOCC2)s1. The predicted octanol–water partition coefficient (Wildman–Crippen LogP) is 2.53. The Hall–Kier alpha value is -1.16. The number of aliphatic imine (C=N–C) groups is 1. The highest BCUT2D eigenvalue weighted by atomic mass is 32.2. The Morgan fingerprint density at radius 3 is 2.67 bits per heavy atom. The van der Waals surface area contributed by atoms with E-state index in [1.54, 1.807) is 6.07 Å². The molecule has 154 valence electrons. The Bertz CT molecular complexity index is 683. The molecule has 0 saturated carbocycles. The lowest BCUT2D eigenvalue weighted by Crippen LogP contribution is -2.40. The van der Waals surface area contributed by atoms with Crippen LogP contribution in [0.4, 0.5) is 0 Å². The van der Waals surface area contributed by atoms with Crippen LogP contribution < -0.4 is 11.1 Å². The van der Waals surface area contributed by atoms with Crippen LogP contribution in [0, 0.1) is 0 Å². The Morgan fingerprint density at radius 1 is 1.22 bits per heavy atom. The van der Waals surface area contributed by atoms with E-state index in [-0.39, 0.29) is 0 Å². The van der Waals surface area contributed by atoms with Crippen LogP contribution in [-0.4, -0.2) is 51.5 Å². The Labute approximate surface area is 167 Å². The molecule has 2 heterocycles. The summed E-state index contributed by atoms with van der Waals surface area (Å²) in [5.41, 5.74) is 5.90. The minimum atomic E-state index is -3.43. The van der Waals surface area contributed by atoms with E-state index in [1.807, 2.05) is 6.07 Å². The molecule has 0 bridgehead atoms. The summed E-state index contributed by atoms with van der Waals surface area (Å²) in [6, 6.07) is 3.46. The van der Waals surface area contributed by atoms with Crippen LogP contribution in [0.3, 0.4) is 0 Å². The van der Waals surface area contributed by atoms with Crippen LogP contribution in [0.25, 0.3) is 0 Å². The molecular formula is C18H32N4O3S2. The highest BCUT2D eigenvalue weighted by Gasteiger charge is 2.27. The smallest absolute Gasteiger partial charge is 0.252 e. The number of guanidine groups is 1. The van der Waals surface area contributed by atoms with Crippen molar-refractivity contribution >= 4 is 27.3 Å². The highest BCUT2D eigenvalue weighted by Crippen LogP contribution is 2.26. The van der Waals surface area contributed by atoms with Gasteiger partial charge in [0.2, 0.25) is 0 Å². The van der Waals surface area contributed by atoms with Gasteiger partial charge < -0.3 is 15.8 Å². The van der Waals surface area contributed by atoms with Crippen molar-refractivity contribution in [1.29, 1.82) is 0 Å². The molecule has 0 spiro atoms. The fourth-order valence-electron chi connectivity index (χ4n) is 2.84. The summed E-state index contributed by atoms with van der Waals surface area (Å²) in [5, 5.41) is 3.12. The third kappa shape index (κ3) is 7.40. The average molecular weight is 417 g/mol. The summed E-state index contributed by atoms with van der Waals surface area (Å²) in [6.07, 6.45) is 7.42. The molecule has 9 heteroatoms. The molecule has 2 rings (SSSR count). The normalized spacial score (nSPS) is 16.6. The van der Waals surface area contributed by atoms with Gasteiger partial charge in [-0.3, -0.25) is 0 Å². The molecule has 1 aromatic heterocycles. The number of hydrogen-bond acceptors (Lipinski definition) is 5. The molecule has 3 N–H and O–H groups in total. The molecule has 1 fully saturated rings. The maximum absolute atomic E-state index is 12.6. The van der Waals surface area contributed by atoms with Gasteiger partial charge in [-0.2, -0.15) is 4.31 Å². The Balaban J connectivity index is 1.75. The van der Waals surface area contributed by atoms with Gasteiger partial charge in [-0.05, 0) is 18.6 Å². The molecular weight excluding hydrogens is 384 g/mol. The average Bonchev–Trinajstić information content (AvgIpc) is 3.16. The Kier molecular flexibility index (Phi) is 9.53. The lowest BCUT2D eigenvalue weighted by molar-refractivity contribution is 0.0731. The fourth-order valence-corrected chi connectivity index (χ4v) is 5.68. The molecule has 1 aromatic rings. The van der Waals surface area contributed by atoms with Crippen LogP contribution in [0.15, 0.2) is 21.3 Å². The van der Waals surface area contributed by atoms with Crippen LogP contribution in [0.2, 0.25) is 0 Å². The topological polar surface area (TPSA) is 97.0 Å². The van der Waals surface area contributed by atoms with E-state index >= 15 is 0 Å². The molecule has 0 aromatic carbocycles. The van der Waals surface area contributed by atoms with Gasteiger partial charge in [-0.25, -0.2) is 13.4 Å². The molecule has 27 heavy (non-hydrogen) atoms. The molecule has 1 saturated heterocycles. The van der Waals surface area contributed by atoms with Crippen LogP contribution in [-0.2, 0) is 21.3 Å². The second-order valence-electron chi connectivity index (χ2n) is 6.63. The number of thiophene rings is 1. The minimum Gasteiger partial charge on any atom is -0.379 e. The summed E-state index contributed by atoms with van der Waals surface area (Å²) in [7, 11) is -3.43. The van der Waals surface area contributed by atoms with Crippen molar-refractivity contribution in [3.63, 3.8) is 0 Å². The van der Waals surface area contributed by atoms with E-state index in [2.05, 4.69) is 17.2 Å². The lowest BCUT2D eigenvalue weighted by atomic mass is 10.1. The molecule has 0 aliphatic carbocycles. The first-order chi connectivity index (χ1) is 13.0. The Morgan fingerprint density at radius 2 is 1.93 bits per heavy atom. The van der Waals surface area contributed by atoms with Gasteiger partial charge in [0.25, 0.3) is 10.0 Å². The van der Waals surface area contributed by atoms with Gasteiger partial charge in [0.1, 0.15) is 4.21 Å². The second-order valence-corrected chi connectivity index (χ2v) is 9.97. The van der Waals surface area contributed by atoms with Gasteiger partial charge in [0, 0.05) is 24.5 Å². The number of sulfonamides is 1. The maximum Gasteiger partial charge on any atom is 0.252 e. The van der Waals surface area contributed by atoms with Crippen molar-refractivity contribution < 1.29 is 13.2 Å². The third-order valence-electron chi connectivity index (χ3n) is 4.44. The largest absolute Gasteiger partial charge is 0.379 e. The third-order valence-corrected chi connectivity index (χ3v) is 7.88. The number of nitrogens with zero attached hydrogens (tertiary/aromatic N) is 2. The molecule has 0 radical (unpaired) electrons. The molecule has 0 amide bonds. The second kappa shape index (κ2) is 11.6. The van der Waals surface area contributed by atoms with E-state index in [1.165, 1.54) is 47.7 Å². The molecule has 1 aliphatic rings. The first-order valence-electron chi connectivity index (χ1n) is 9.74. The van der Waals surface area contributed by atoms with E-state index in [0.29, 0.717) is 43.0 Å². The van der Waals surface area contributed by atoms with E-state index < -0.39 is 10.0 Å². The monoisotopic (exact) mass is 416 g/mol. The number of nitrogens with two attached hydrogens (primary N) is 1. The highest BCUT2D eigenvalue weighted by molar-refractivity contribution is 7.91. The number of nitrogens with one attached hydrogen (secondary N) is 1. The number of ether oxygens (including phenoxy) is 1. The van der Waals surface area contributed by atoms with Gasteiger partial charge in [-0.1, -0.05) is 39.0 Å². The van der Waals surface area contributed by atoms with Crippen molar-refractivity contribution in [3.8, 4) is 0 Å². The number of hydrogen-bond donors (Lipinski definition) is 2. The van der Waals surface area contributed by atoms with Crippen molar-refractivity contribution in [2.24, 2.45) is 10.7 Å². The van der Waals surface area contributed by atoms with Gasteiger partial charge in [0.05, 0.1) is 19.8 Å². The van der Waals surface area contributed by atoms with E-state index in [4.69, 9.17) is 10.5 Å². The van der Waals surface area contributed by atoms with Crippen molar-refractivity contribution in [1.82, 2.24) is 9.62 Å². The van der Waals surface area contributed by atoms with Crippen molar-refractivity contribution in [2.45, 2.75) is 56.2 Å². The number of rotatable bonds is 11. The molecule has 1 aliphatic heterocycles. The summed E-state index contributed by atoms with van der Waals surface area (Å²) in [5.74, 6) is 0.412. The summed E-state index contributed by atoms with van der Waals surface area (Å²) in [6.45, 7) is 5.13. The maximum atomic E-state index is 12.6. The number of morpholine rings is 1. The summed E-state index contributed by atoms with van der Waals surface area (Å²) < 4.78 is 32.3. The van der Waals surface area contributed by atoms with Gasteiger partial charge in [0.15, 0.2) is 5.96 Å². The van der Waals surface area contributed by atoms with E-state index in [9.17, 15) is 8.42 Å². The van der Waals surface area contributed by atoms with Gasteiger partial charge in [-0.15, -0.1) is 11.3 Å². The van der Waals surface area contributed by atoms with Crippen molar-refractivity contribution in [3.05, 3.63) is 17.0 Å². The molecule has 7 nitrogen and oxygen atoms in total. The van der Waals surface area contributed by atoms with Crippen molar-refractivity contribution in [2.75, 3.05) is 32.8 Å². The number of unbranched alkanes of at least 4 members (excludes halogenated alkanes) is 5.